The van der Waals surface area contributed by atoms with Gasteiger partial charge < -0.3 is 0 Å². The molecule has 0 radical (unpaired) electrons. The molecule has 0 amide bonds. The van der Waals surface area contributed by atoms with Gasteiger partial charge in [-0.2, -0.15) is 5.10 Å². The smallest absolute Gasteiger partial charge is 0.0804 e. The molecule has 0 saturated carbocycles. The van der Waals surface area contributed by atoms with Gasteiger partial charge in [-0.05, 0) is 50.6 Å². The lowest BCUT2D eigenvalue weighted by Gasteiger charge is -2.25. The monoisotopic (exact) mass is 331 g/mol. The SMILES string of the molecule is Cc1c(CN2CCCCC2)nn(-c2ccccc2)c1-c1ccccc1. The maximum absolute atomic E-state index is 5.03. The van der Waals surface area contributed by atoms with E-state index in [-0.39, 0.29) is 0 Å². The van der Waals surface area contributed by atoms with Crippen LogP contribution in [0.3, 0.4) is 0 Å². The third kappa shape index (κ3) is 3.38. The number of para-hydroxylation sites is 1. The molecule has 1 aliphatic heterocycles. The van der Waals surface area contributed by atoms with Crippen molar-refractivity contribution in [1.82, 2.24) is 14.7 Å². The number of piperidine rings is 1. The number of aromatic nitrogens is 2. The molecule has 2 heterocycles. The van der Waals surface area contributed by atoms with Crippen LogP contribution in [0.4, 0.5) is 0 Å². The summed E-state index contributed by atoms with van der Waals surface area (Å²) in [5, 5.41) is 5.03. The molecule has 0 aliphatic carbocycles. The van der Waals surface area contributed by atoms with E-state index in [0.29, 0.717) is 0 Å². The maximum atomic E-state index is 5.03. The number of likely N-dealkylation sites (tertiary alicyclic amines) is 1. The third-order valence-electron chi connectivity index (χ3n) is 5.09. The molecule has 0 unspecified atom stereocenters. The molecule has 3 aromatic rings. The highest BCUT2D eigenvalue weighted by Crippen LogP contribution is 2.29. The van der Waals surface area contributed by atoms with Gasteiger partial charge in [0, 0.05) is 12.1 Å². The number of hydrogen-bond donors (Lipinski definition) is 0. The standard InChI is InChI=1S/C22H25N3/c1-18-21(17-24-15-9-4-10-16-24)23-25(20-13-7-3-8-14-20)22(18)19-11-5-2-6-12-19/h2-3,5-8,11-14H,4,9-10,15-17H2,1H3. The molecule has 1 aromatic heterocycles. The molecule has 0 atom stereocenters. The van der Waals surface area contributed by atoms with E-state index in [1.54, 1.807) is 0 Å². The van der Waals surface area contributed by atoms with Crippen molar-refractivity contribution in [2.75, 3.05) is 13.1 Å². The van der Waals surface area contributed by atoms with E-state index in [2.05, 4.69) is 77.2 Å². The van der Waals surface area contributed by atoms with Crippen molar-refractivity contribution in [2.45, 2.75) is 32.7 Å². The Kier molecular flexibility index (Phi) is 4.66. The molecule has 1 fully saturated rings. The van der Waals surface area contributed by atoms with Crippen LogP contribution in [0.5, 0.6) is 0 Å². The highest BCUT2D eigenvalue weighted by molar-refractivity contribution is 5.66. The molecule has 4 rings (SSSR count). The van der Waals surface area contributed by atoms with E-state index >= 15 is 0 Å². The molecule has 0 bridgehead atoms. The summed E-state index contributed by atoms with van der Waals surface area (Å²) in [4.78, 5) is 2.54. The molecule has 25 heavy (non-hydrogen) atoms. The molecule has 3 nitrogen and oxygen atoms in total. The molecular weight excluding hydrogens is 306 g/mol. The predicted octanol–water partition coefficient (Wildman–Crippen LogP) is 4.83. The normalized spacial score (nSPS) is 15.4. The van der Waals surface area contributed by atoms with Crippen LogP contribution in [0.1, 0.15) is 30.5 Å². The quantitative estimate of drug-likeness (QED) is 0.682. The molecule has 1 aliphatic rings. The van der Waals surface area contributed by atoms with E-state index in [1.807, 2.05) is 0 Å². The second-order valence-corrected chi connectivity index (χ2v) is 6.87. The molecule has 3 heteroatoms. The van der Waals surface area contributed by atoms with Gasteiger partial charge in [-0.25, -0.2) is 4.68 Å². The van der Waals surface area contributed by atoms with Gasteiger partial charge in [-0.3, -0.25) is 4.90 Å². The third-order valence-corrected chi connectivity index (χ3v) is 5.09. The summed E-state index contributed by atoms with van der Waals surface area (Å²) in [6.45, 7) is 5.55. The van der Waals surface area contributed by atoms with Crippen LogP contribution >= 0.6 is 0 Å². The van der Waals surface area contributed by atoms with Gasteiger partial charge in [-0.1, -0.05) is 55.0 Å². The lowest BCUT2D eigenvalue weighted by Crippen LogP contribution is -2.29. The van der Waals surface area contributed by atoms with Gasteiger partial charge >= 0.3 is 0 Å². The average molecular weight is 331 g/mol. The van der Waals surface area contributed by atoms with Gasteiger partial charge in [-0.15, -0.1) is 0 Å². The Morgan fingerprint density at radius 3 is 2.16 bits per heavy atom. The first-order valence-electron chi connectivity index (χ1n) is 9.24. The van der Waals surface area contributed by atoms with Crippen molar-refractivity contribution < 1.29 is 0 Å². The molecule has 2 aromatic carbocycles. The van der Waals surface area contributed by atoms with Crippen molar-refractivity contribution in [3.8, 4) is 16.9 Å². The predicted molar refractivity (Wildman–Crippen MR) is 103 cm³/mol. The maximum Gasteiger partial charge on any atom is 0.0804 e. The Labute approximate surface area is 149 Å². The Hall–Kier alpha value is -2.39. The zero-order valence-electron chi connectivity index (χ0n) is 14.9. The van der Waals surface area contributed by atoms with Crippen LogP contribution in [0.15, 0.2) is 60.7 Å². The van der Waals surface area contributed by atoms with Gasteiger partial charge in [0.1, 0.15) is 0 Å². The fourth-order valence-electron chi connectivity index (χ4n) is 3.71. The van der Waals surface area contributed by atoms with E-state index in [0.717, 1.165) is 12.2 Å². The first-order valence-corrected chi connectivity index (χ1v) is 9.24. The Morgan fingerprint density at radius 2 is 1.48 bits per heavy atom. The van der Waals surface area contributed by atoms with Crippen LogP contribution in [0, 0.1) is 6.92 Å². The second kappa shape index (κ2) is 7.24. The molecule has 0 N–H and O–H groups in total. The average Bonchev–Trinajstić information content (AvgIpc) is 3.00. The highest BCUT2D eigenvalue weighted by atomic mass is 15.3. The highest BCUT2D eigenvalue weighted by Gasteiger charge is 2.20. The van der Waals surface area contributed by atoms with Gasteiger partial charge in [0.25, 0.3) is 0 Å². The van der Waals surface area contributed by atoms with Crippen molar-refractivity contribution in [3.05, 3.63) is 71.9 Å². The van der Waals surface area contributed by atoms with Crippen LogP contribution < -0.4 is 0 Å². The minimum absolute atomic E-state index is 0.950. The first kappa shape index (κ1) is 16.1. The van der Waals surface area contributed by atoms with E-state index < -0.39 is 0 Å². The molecule has 128 valence electrons. The van der Waals surface area contributed by atoms with Gasteiger partial charge in [0.05, 0.1) is 17.1 Å². The lowest BCUT2D eigenvalue weighted by atomic mass is 10.1. The summed E-state index contributed by atoms with van der Waals surface area (Å²) in [7, 11) is 0. The number of nitrogens with zero attached hydrogens (tertiary/aromatic N) is 3. The summed E-state index contributed by atoms with van der Waals surface area (Å²) >= 11 is 0. The zero-order valence-corrected chi connectivity index (χ0v) is 14.9. The minimum atomic E-state index is 0.950. The summed E-state index contributed by atoms with van der Waals surface area (Å²) in [5.41, 5.74) is 6.04. The Morgan fingerprint density at radius 1 is 0.840 bits per heavy atom. The summed E-state index contributed by atoms with van der Waals surface area (Å²) in [6.07, 6.45) is 3.98. The van der Waals surface area contributed by atoms with E-state index in [1.165, 1.54) is 54.9 Å². The molecule has 0 spiro atoms. The van der Waals surface area contributed by atoms with Crippen molar-refractivity contribution >= 4 is 0 Å². The number of benzene rings is 2. The second-order valence-electron chi connectivity index (χ2n) is 6.87. The largest absolute Gasteiger partial charge is 0.297 e. The first-order chi connectivity index (χ1) is 12.3. The summed E-state index contributed by atoms with van der Waals surface area (Å²) in [6, 6.07) is 21.1. The van der Waals surface area contributed by atoms with E-state index in [9.17, 15) is 0 Å². The van der Waals surface area contributed by atoms with Crippen molar-refractivity contribution in [2.24, 2.45) is 0 Å². The van der Waals surface area contributed by atoms with Crippen LogP contribution in [-0.2, 0) is 6.54 Å². The zero-order chi connectivity index (χ0) is 17.1. The Bertz CT molecular complexity index is 815. The fraction of sp³-hybridized carbons (Fsp3) is 0.318. The minimum Gasteiger partial charge on any atom is -0.297 e. The van der Waals surface area contributed by atoms with Crippen molar-refractivity contribution in [3.63, 3.8) is 0 Å². The van der Waals surface area contributed by atoms with Gasteiger partial charge in [0.2, 0.25) is 0 Å². The van der Waals surface area contributed by atoms with Crippen LogP contribution in [0.2, 0.25) is 0 Å². The van der Waals surface area contributed by atoms with Gasteiger partial charge in [0.15, 0.2) is 0 Å². The topological polar surface area (TPSA) is 21.1 Å². The molecule has 1 saturated heterocycles. The molecular formula is C22H25N3. The van der Waals surface area contributed by atoms with E-state index in [4.69, 9.17) is 5.10 Å². The number of hydrogen-bond acceptors (Lipinski definition) is 2. The fourth-order valence-corrected chi connectivity index (χ4v) is 3.71. The Balaban J connectivity index is 1.77. The van der Waals surface area contributed by atoms with Crippen LogP contribution in [0.25, 0.3) is 16.9 Å². The van der Waals surface area contributed by atoms with Crippen molar-refractivity contribution in [1.29, 1.82) is 0 Å². The summed E-state index contributed by atoms with van der Waals surface area (Å²) < 4.78 is 2.12. The lowest BCUT2D eigenvalue weighted by molar-refractivity contribution is 0.218. The number of rotatable bonds is 4. The van der Waals surface area contributed by atoms with Crippen LogP contribution in [-0.4, -0.2) is 27.8 Å². The summed E-state index contributed by atoms with van der Waals surface area (Å²) in [5.74, 6) is 0.